The molecular weight excluding hydrogens is 366 g/mol. The molecule has 1 fully saturated rings. The summed E-state index contributed by atoms with van der Waals surface area (Å²) in [5, 5.41) is 9.59. The number of hydrogen-bond acceptors (Lipinski definition) is 6. The van der Waals surface area contributed by atoms with E-state index < -0.39 is 10.0 Å². The number of nitrogens with two attached hydrogens (primary N) is 1. The van der Waals surface area contributed by atoms with Gasteiger partial charge >= 0.3 is 0 Å². The summed E-state index contributed by atoms with van der Waals surface area (Å²) in [7, 11) is -3.65. The molecule has 8 nitrogen and oxygen atoms in total. The summed E-state index contributed by atoms with van der Waals surface area (Å²) in [6.07, 6.45) is 7.14. The van der Waals surface area contributed by atoms with Crippen molar-refractivity contribution in [2.24, 2.45) is 0 Å². The van der Waals surface area contributed by atoms with Crippen molar-refractivity contribution in [3.8, 4) is 11.3 Å². The minimum absolute atomic E-state index is 0.149. The van der Waals surface area contributed by atoms with Gasteiger partial charge in [-0.05, 0) is 37.8 Å². The van der Waals surface area contributed by atoms with Crippen LogP contribution >= 0.6 is 0 Å². The normalized spacial score (nSPS) is 20.8. The first-order chi connectivity index (χ1) is 12.9. The van der Waals surface area contributed by atoms with E-state index in [2.05, 4.69) is 14.7 Å². The molecule has 142 valence electrons. The molecule has 1 aliphatic rings. The van der Waals surface area contributed by atoms with Gasteiger partial charge in [0.2, 0.25) is 10.0 Å². The van der Waals surface area contributed by atoms with E-state index in [9.17, 15) is 13.5 Å². The second kappa shape index (κ2) is 6.91. The minimum Gasteiger partial charge on any atom is -0.393 e. The van der Waals surface area contributed by atoms with Crippen molar-refractivity contribution in [2.45, 2.75) is 42.7 Å². The quantitative estimate of drug-likeness (QED) is 0.624. The average Bonchev–Trinajstić information content (AvgIpc) is 3.09. The maximum absolute atomic E-state index is 12.8. The molecule has 0 radical (unpaired) electrons. The van der Waals surface area contributed by atoms with Crippen LogP contribution in [0.1, 0.15) is 25.7 Å². The first kappa shape index (κ1) is 17.9. The van der Waals surface area contributed by atoms with Gasteiger partial charge in [-0.25, -0.2) is 23.1 Å². The number of nitrogens with one attached hydrogen (secondary N) is 1. The van der Waals surface area contributed by atoms with Crippen molar-refractivity contribution in [1.82, 2.24) is 19.1 Å². The van der Waals surface area contributed by atoms with Crippen molar-refractivity contribution in [1.29, 1.82) is 0 Å². The summed E-state index contributed by atoms with van der Waals surface area (Å²) in [5.74, 6) is 0.314. The van der Waals surface area contributed by atoms with Gasteiger partial charge in [0.15, 0.2) is 11.5 Å². The summed E-state index contributed by atoms with van der Waals surface area (Å²) in [6.45, 7) is 0. The largest absolute Gasteiger partial charge is 0.393 e. The molecule has 0 bridgehead atoms. The van der Waals surface area contributed by atoms with Crippen LogP contribution in [0, 0.1) is 0 Å². The number of hydrogen-bond donors (Lipinski definition) is 3. The molecule has 0 unspecified atom stereocenters. The highest BCUT2D eigenvalue weighted by atomic mass is 32.2. The van der Waals surface area contributed by atoms with Gasteiger partial charge < -0.3 is 10.8 Å². The smallest absolute Gasteiger partial charge is 0.240 e. The second-order valence-electron chi connectivity index (χ2n) is 6.80. The van der Waals surface area contributed by atoms with Gasteiger partial charge in [0.25, 0.3) is 0 Å². The third-order valence-corrected chi connectivity index (χ3v) is 6.43. The Bertz CT molecular complexity index is 1070. The van der Waals surface area contributed by atoms with Crippen LogP contribution in [-0.2, 0) is 10.0 Å². The number of aliphatic hydroxyl groups is 1. The van der Waals surface area contributed by atoms with E-state index in [1.807, 2.05) is 6.07 Å². The lowest BCUT2D eigenvalue weighted by molar-refractivity contribution is 0.120. The van der Waals surface area contributed by atoms with Gasteiger partial charge in [-0.2, -0.15) is 0 Å². The molecule has 0 saturated heterocycles. The minimum atomic E-state index is -3.65. The Kier molecular flexibility index (Phi) is 4.58. The molecular formula is C18H21N5O3S. The van der Waals surface area contributed by atoms with Crippen LogP contribution in [-0.4, -0.2) is 40.0 Å². The zero-order valence-electron chi connectivity index (χ0n) is 14.6. The van der Waals surface area contributed by atoms with Crippen LogP contribution in [0.2, 0.25) is 0 Å². The zero-order chi connectivity index (χ0) is 19.0. The summed E-state index contributed by atoms with van der Waals surface area (Å²) < 4.78 is 30.1. The maximum Gasteiger partial charge on any atom is 0.240 e. The summed E-state index contributed by atoms with van der Waals surface area (Å²) in [6, 6.07) is 6.58. The molecule has 0 aliphatic heterocycles. The predicted molar refractivity (Wildman–Crippen MR) is 101 cm³/mol. The maximum atomic E-state index is 12.8. The van der Waals surface area contributed by atoms with E-state index in [0.717, 1.165) is 11.3 Å². The molecule has 3 aromatic rings. The van der Waals surface area contributed by atoms with Crippen LogP contribution in [0.25, 0.3) is 16.9 Å². The number of fused-ring (bicyclic) bond motifs is 1. The summed E-state index contributed by atoms with van der Waals surface area (Å²) >= 11 is 0. The molecule has 0 spiro atoms. The van der Waals surface area contributed by atoms with Crippen LogP contribution in [0.5, 0.6) is 0 Å². The van der Waals surface area contributed by atoms with Crippen LogP contribution < -0.4 is 10.5 Å². The Morgan fingerprint density at radius 2 is 1.96 bits per heavy atom. The summed E-state index contributed by atoms with van der Waals surface area (Å²) in [4.78, 5) is 8.48. The van der Waals surface area contributed by atoms with Crippen LogP contribution in [0.15, 0.2) is 47.8 Å². The van der Waals surface area contributed by atoms with Crippen molar-refractivity contribution in [3.05, 3.63) is 42.9 Å². The molecule has 27 heavy (non-hydrogen) atoms. The van der Waals surface area contributed by atoms with Crippen molar-refractivity contribution >= 4 is 21.5 Å². The van der Waals surface area contributed by atoms with Crippen molar-refractivity contribution < 1.29 is 13.5 Å². The fourth-order valence-corrected chi connectivity index (χ4v) is 4.81. The lowest BCUT2D eigenvalue weighted by Gasteiger charge is -2.26. The molecule has 1 aliphatic carbocycles. The Morgan fingerprint density at radius 3 is 2.74 bits per heavy atom. The number of sulfonamides is 1. The van der Waals surface area contributed by atoms with Crippen LogP contribution in [0.4, 0.5) is 5.82 Å². The highest BCUT2D eigenvalue weighted by Gasteiger charge is 2.25. The number of imidazole rings is 1. The molecule has 1 saturated carbocycles. The van der Waals surface area contributed by atoms with Crippen molar-refractivity contribution in [3.63, 3.8) is 0 Å². The highest BCUT2D eigenvalue weighted by Crippen LogP contribution is 2.26. The SMILES string of the molecule is Nc1nccn2c(-c3cccc(S(=O)(=O)N[C@H]4CC[C@H](O)CC4)c3)cnc12. The van der Waals surface area contributed by atoms with Gasteiger partial charge in [-0.1, -0.05) is 12.1 Å². The third-order valence-electron chi connectivity index (χ3n) is 4.91. The number of aromatic nitrogens is 3. The van der Waals surface area contributed by atoms with Crippen LogP contribution in [0.3, 0.4) is 0 Å². The fourth-order valence-electron chi connectivity index (χ4n) is 3.46. The van der Waals surface area contributed by atoms with Gasteiger partial charge in [0.1, 0.15) is 0 Å². The van der Waals surface area contributed by atoms with Gasteiger partial charge in [0.05, 0.1) is 22.9 Å². The number of nitrogens with zero attached hydrogens (tertiary/aromatic N) is 3. The number of nitrogen functional groups attached to an aromatic ring is 1. The van der Waals surface area contributed by atoms with E-state index in [1.54, 1.807) is 41.2 Å². The Morgan fingerprint density at radius 1 is 1.19 bits per heavy atom. The van der Waals surface area contributed by atoms with E-state index in [-0.39, 0.29) is 17.0 Å². The van der Waals surface area contributed by atoms with E-state index in [0.29, 0.717) is 37.1 Å². The van der Waals surface area contributed by atoms with Gasteiger partial charge in [0, 0.05) is 24.0 Å². The molecule has 4 rings (SSSR count). The molecule has 4 N–H and O–H groups in total. The molecule has 1 aromatic carbocycles. The Balaban J connectivity index is 1.64. The first-order valence-corrected chi connectivity index (χ1v) is 10.3. The molecule has 0 amide bonds. The number of anilines is 1. The van der Waals surface area contributed by atoms with Crippen molar-refractivity contribution in [2.75, 3.05) is 5.73 Å². The Hall–Kier alpha value is -2.49. The number of aliphatic hydroxyl groups excluding tert-OH is 1. The monoisotopic (exact) mass is 387 g/mol. The van der Waals surface area contributed by atoms with Gasteiger partial charge in [-0.15, -0.1) is 0 Å². The molecule has 2 aromatic heterocycles. The Labute approximate surface area is 157 Å². The number of rotatable bonds is 4. The zero-order valence-corrected chi connectivity index (χ0v) is 15.4. The predicted octanol–water partition coefficient (Wildman–Crippen LogP) is 1.56. The van der Waals surface area contributed by atoms with E-state index >= 15 is 0 Å². The third kappa shape index (κ3) is 3.53. The lowest BCUT2D eigenvalue weighted by Crippen LogP contribution is -2.38. The summed E-state index contributed by atoms with van der Waals surface area (Å²) in [5.41, 5.74) is 7.82. The lowest BCUT2D eigenvalue weighted by atomic mass is 9.94. The molecule has 0 atom stereocenters. The second-order valence-corrected chi connectivity index (χ2v) is 8.52. The van der Waals surface area contributed by atoms with E-state index in [4.69, 9.17) is 5.73 Å². The standard InChI is InChI=1S/C18H21N5O3S/c19-17-18-21-11-16(23(18)9-8-20-17)12-2-1-3-15(10-12)27(25,26)22-13-4-6-14(24)7-5-13/h1-3,8-11,13-14,22,24H,4-7H2,(H2,19,20)/t13-,14-. The fraction of sp³-hybridized carbons (Fsp3) is 0.333. The molecule has 2 heterocycles. The topological polar surface area (TPSA) is 123 Å². The molecule has 9 heteroatoms. The van der Waals surface area contributed by atoms with E-state index in [1.165, 1.54) is 0 Å². The van der Waals surface area contributed by atoms with Gasteiger partial charge in [-0.3, -0.25) is 4.40 Å². The average molecular weight is 387 g/mol. The highest BCUT2D eigenvalue weighted by molar-refractivity contribution is 7.89. The first-order valence-electron chi connectivity index (χ1n) is 8.82. The number of benzene rings is 1.